The predicted molar refractivity (Wildman–Crippen MR) is 179 cm³/mol. The molecule has 1 atom stereocenters. The van der Waals surface area contributed by atoms with E-state index in [2.05, 4.69) is 62.4 Å². The molecule has 3 aromatic rings. The van der Waals surface area contributed by atoms with Crippen LogP contribution in [0.4, 0.5) is 19.1 Å². The van der Waals surface area contributed by atoms with Crippen LogP contribution in [0.5, 0.6) is 5.75 Å². The third kappa shape index (κ3) is 9.37. The van der Waals surface area contributed by atoms with Gasteiger partial charge in [0.2, 0.25) is 5.95 Å². The molecule has 1 unspecified atom stereocenters. The lowest BCUT2D eigenvalue weighted by Gasteiger charge is -2.51. The zero-order valence-corrected chi connectivity index (χ0v) is 28.1. The number of nitriles is 1. The van der Waals surface area contributed by atoms with Gasteiger partial charge in [0.05, 0.1) is 23.5 Å². The molecule has 3 fully saturated rings. The number of rotatable bonds is 8. The molecule has 4 heterocycles. The number of carboxylic acid groups (broad SMARTS) is 1. The van der Waals surface area contributed by atoms with Gasteiger partial charge in [-0.05, 0) is 47.5 Å². The molecule has 0 saturated carbocycles. The molecule has 262 valence electrons. The minimum Gasteiger partial charge on any atom is -0.487 e. The molecule has 2 aromatic carbocycles. The van der Waals surface area contributed by atoms with E-state index in [0.29, 0.717) is 29.4 Å². The first kappa shape index (κ1) is 36.3. The third-order valence-corrected chi connectivity index (χ3v) is 9.34. The van der Waals surface area contributed by atoms with Gasteiger partial charge in [0.15, 0.2) is 0 Å². The van der Waals surface area contributed by atoms with Crippen LogP contribution in [0.3, 0.4) is 0 Å². The second-order valence-electron chi connectivity index (χ2n) is 12.7. The van der Waals surface area contributed by atoms with Gasteiger partial charge in [-0.3, -0.25) is 15.1 Å². The maximum Gasteiger partial charge on any atom is 0.490 e. The lowest BCUT2D eigenvalue weighted by Crippen LogP contribution is -2.69. The highest BCUT2D eigenvalue weighted by Crippen LogP contribution is 2.34. The first-order valence-electron chi connectivity index (χ1n) is 16.1. The monoisotopic (exact) mass is 700 g/mol. The zero-order chi connectivity index (χ0) is 35.2. The number of alkyl halides is 3. The van der Waals surface area contributed by atoms with Crippen LogP contribution in [-0.4, -0.2) is 108 Å². The number of benzene rings is 2. The first-order chi connectivity index (χ1) is 23.3. The molecule has 6 rings (SSSR count). The Morgan fingerprint density at radius 2 is 1.73 bits per heavy atom. The maximum absolute atomic E-state index is 10.6. The second-order valence-corrected chi connectivity index (χ2v) is 13.2. The quantitative estimate of drug-likeness (QED) is 0.317. The summed E-state index contributed by atoms with van der Waals surface area (Å²) in [5.41, 5.74) is 3.22. The summed E-state index contributed by atoms with van der Waals surface area (Å²) in [6.07, 6.45) is -2.78. The van der Waals surface area contributed by atoms with E-state index < -0.39 is 12.1 Å². The number of hydrogen-bond acceptors (Lipinski definition) is 10. The summed E-state index contributed by atoms with van der Waals surface area (Å²) in [4.78, 5) is 25.7. The van der Waals surface area contributed by atoms with Crippen LogP contribution in [0, 0.1) is 11.3 Å². The van der Waals surface area contributed by atoms with E-state index in [1.807, 2.05) is 36.5 Å². The first-order valence-corrected chi connectivity index (χ1v) is 16.4. The zero-order valence-electron chi connectivity index (χ0n) is 27.4. The van der Waals surface area contributed by atoms with Gasteiger partial charge in [-0.1, -0.05) is 37.6 Å². The summed E-state index contributed by atoms with van der Waals surface area (Å²) in [5, 5.41) is 24.1. The van der Waals surface area contributed by atoms with Gasteiger partial charge in [-0.2, -0.15) is 18.4 Å². The smallest absolute Gasteiger partial charge is 0.487 e. The molecule has 15 heteroatoms. The molecule has 3 saturated heterocycles. The Kier molecular flexibility index (Phi) is 11.6. The predicted octanol–water partition coefficient (Wildman–Crippen LogP) is 3.86. The van der Waals surface area contributed by atoms with Gasteiger partial charge in [-0.15, -0.1) is 0 Å². The van der Waals surface area contributed by atoms with Crippen molar-refractivity contribution in [2.24, 2.45) is 0 Å². The fourth-order valence-electron chi connectivity index (χ4n) is 6.08. The van der Waals surface area contributed by atoms with Crippen LogP contribution in [0.15, 0.2) is 54.7 Å². The molecule has 3 aliphatic rings. The fraction of sp³-hybridized carbons (Fsp3) is 0.471. The fourth-order valence-corrected chi connectivity index (χ4v) is 6.32. The Morgan fingerprint density at radius 1 is 1.04 bits per heavy atom. The van der Waals surface area contributed by atoms with E-state index in [0.717, 1.165) is 87.4 Å². The number of anilines is 1. The van der Waals surface area contributed by atoms with Crippen LogP contribution in [0.1, 0.15) is 36.2 Å². The van der Waals surface area contributed by atoms with Crippen molar-refractivity contribution in [3.8, 4) is 11.8 Å². The summed E-state index contributed by atoms with van der Waals surface area (Å²) in [5.74, 6) is -1.20. The Bertz CT molecular complexity index is 1620. The highest BCUT2D eigenvalue weighted by molar-refractivity contribution is 6.30. The van der Waals surface area contributed by atoms with Gasteiger partial charge in [0, 0.05) is 81.6 Å². The number of ether oxygens (including phenoxy) is 1. The average molecular weight is 701 g/mol. The maximum atomic E-state index is 10.6. The number of likely N-dealkylation sites (tertiary alicyclic amines) is 1. The van der Waals surface area contributed by atoms with Crippen LogP contribution in [0.25, 0.3) is 0 Å². The number of halogens is 4. The summed E-state index contributed by atoms with van der Waals surface area (Å²) in [6, 6.07) is 18.4. The Hall–Kier alpha value is -4.00. The summed E-state index contributed by atoms with van der Waals surface area (Å²) in [6.45, 7) is 14.0. The van der Waals surface area contributed by atoms with Crippen molar-refractivity contribution < 1.29 is 27.8 Å². The summed E-state index contributed by atoms with van der Waals surface area (Å²) < 4.78 is 37.8. The molecular formula is C34H40ClF3N8O3. The number of aliphatic carboxylic acids is 1. The third-order valence-electron chi connectivity index (χ3n) is 9.12. The van der Waals surface area contributed by atoms with Gasteiger partial charge < -0.3 is 20.1 Å². The normalized spacial score (nSPS) is 19.3. The van der Waals surface area contributed by atoms with E-state index in [1.54, 1.807) is 6.07 Å². The van der Waals surface area contributed by atoms with Crippen molar-refractivity contribution in [1.29, 1.82) is 5.26 Å². The van der Waals surface area contributed by atoms with E-state index >= 15 is 0 Å². The van der Waals surface area contributed by atoms with Crippen LogP contribution < -0.4 is 20.3 Å². The number of piperazine rings is 2. The van der Waals surface area contributed by atoms with Crippen molar-refractivity contribution in [2.75, 3.05) is 63.8 Å². The van der Waals surface area contributed by atoms with Crippen molar-refractivity contribution in [2.45, 2.75) is 44.3 Å². The summed E-state index contributed by atoms with van der Waals surface area (Å²) in [7, 11) is 0. The Morgan fingerprint density at radius 3 is 2.35 bits per heavy atom. The molecular weight excluding hydrogens is 661 g/mol. The van der Waals surface area contributed by atoms with Gasteiger partial charge in [0.1, 0.15) is 12.4 Å². The highest BCUT2D eigenvalue weighted by Gasteiger charge is 2.39. The molecule has 0 spiro atoms. The second kappa shape index (κ2) is 15.7. The van der Waals surface area contributed by atoms with Gasteiger partial charge in [0.25, 0.3) is 0 Å². The van der Waals surface area contributed by atoms with E-state index in [-0.39, 0.29) is 5.41 Å². The van der Waals surface area contributed by atoms with Crippen molar-refractivity contribution >= 4 is 23.5 Å². The Labute approximate surface area is 288 Å². The molecule has 0 amide bonds. The van der Waals surface area contributed by atoms with Crippen molar-refractivity contribution in [3.63, 3.8) is 0 Å². The molecule has 11 nitrogen and oxygen atoms in total. The highest BCUT2D eigenvalue weighted by atomic mass is 35.5. The van der Waals surface area contributed by atoms with Crippen LogP contribution in [-0.2, 0) is 16.8 Å². The van der Waals surface area contributed by atoms with Crippen molar-refractivity contribution in [3.05, 3.63) is 82.1 Å². The number of hydrogen-bond donors (Lipinski definition) is 3. The molecule has 3 N–H and O–H groups in total. The number of carboxylic acids is 1. The minimum atomic E-state index is -5.08. The molecule has 0 aliphatic carbocycles. The molecule has 49 heavy (non-hydrogen) atoms. The van der Waals surface area contributed by atoms with E-state index in [9.17, 15) is 18.4 Å². The standard InChI is InChI=1S/C32H39ClN8O.C2HF3O2/c1-32(2,25-15-23(18-34)16-26(33)17-25)24-3-5-29(6-4-24)42-22-27-7-8-37-31(38-27)40-13-11-39(12-14-40)28-20-41(21-28)30-19-35-9-10-36-30;3-2(4,5)1(6)7/h3-8,15-17,28,30,35-36H,9-14,19-22H2,1-2H3;(H,6,7). The van der Waals surface area contributed by atoms with Crippen molar-refractivity contribution in [1.82, 2.24) is 30.4 Å². The number of nitrogens with zero attached hydrogens (tertiary/aromatic N) is 6. The number of carbonyl (C=O) groups is 1. The lowest BCUT2D eigenvalue weighted by molar-refractivity contribution is -0.192. The SMILES string of the molecule is CC(C)(c1ccc(OCc2ccnc(N3CCN(C4CN(C5CNCCN5)C4)CC3)n2)cc1)c1cc(Cl)cc(C#N)c1.O=C(O)C(F)(F)F. The topological polar surface area (TPSA) is 130 Å². The van der Waals surface area contributed by atoms with Gasteiger partial charge >= 0.3 is 12.1 Å². The van der Waals surface area contributed by atoms with Gasteiger partial charge in [-0.25, -0.2) is 14.8 Å². The number of nitrogens with one attached hydrogen (secondary N) is 2. The van der Waals surface area contributed by atoms with E-state index in [1.165, 1.54) is 0 Å². The number of aromatic nitrogens is 2. The van der Waals surface area contributed by atoms with E-state index in [4.69, 9.17) is 31.2 Å². The van der Waals surface area contributed by atoms with Crippen LogP contribution >= 0.6 is 11.6 Å². The molecule has 0 bridgehead atoms. The Balaban J connectivity index is 0.000000606. The molecule has 0 radical (unpaired) electrons. The average Bonchev–Trinajstić information content (AvgIpc) is 3.07. The molecule has 1 aromatic heterocycles. The largest absolute Gasteiger partial charge is 0.490 e. The minimum absolute atomic E-state index is 0.317. The van der Waals surface area contributed by atoms with Crippen LogP contribution in [0.2, 0.25) is 5.02 Å². The lowest BCUT2D eigenvalue weighted by atomic mass is 9.78. The molecule has 3 aliphatic heterocycles. The summed E-state index contributed by atoms with van der Waals surface area (Å²) >= 11 is 6.27.